The van der Waals surface area contributed by atoms with E-state index in [9.17, 15) is 9.59 Å². The fourth-order valence-electron chi connectivity index (χ4n) is 4.36. The van der Waals surface area contributed by atoms with Crippen molar-refractivity contribution in [2.75, 3.05) is 0 Å². The van der Waals surface area contributed by atoms with E-state index in [0.717, 1.165) is 12.8 Å². The summed E-state index contributed by atoms with van der Waals surface area (Å²) in [5, 5.41) is 6.31. The summed E-state index contributed by atoms with van der Waals surface area (Å²) in [6.07, 6.45) is 7.65. The molecule has 24 heavy (non-hydrogen) atoms. The molecule has 4 heteroatoms. The van der Waals surface area contributed by atoms with E-state index >= 15 is 0 Å². The van der Waals surface area contributed by atoms with Gasteiger partial charge >= 0.3 is 0 Å². The summed E-state index contributed by atoms with van der Waals surface area (Å²) in [4.78, 5) is 24.4. The number of carbonyl (C=O) groups excluding carboxylic acids is 2. The number of carbonyl (C=O) groups is 2. The molecular formula is C20H36N2O2. The molecule has 0 aliphatic heterocycles. The third-order valence-corrected chi connectivity index (χ3v) is 6.69. The highest BCUT2D eigenvalue weighted by atomic mass is 16.2. The topological polar surface area (TPSA) is 58.2 Å². The van der Waals surface area contributed by atoms with Gasteiger partial charge in [0.05, 0.1) is 0 Å². The molecule has 138 valence electrons. The maximum atomic E-state index is 12.2. The molecule has 2 rings (SSSR count). The molecule has 0 aromatic rings. The van der Waals surface area contributed by atoms with E-state index in [1.807, 2.05) is 0 Å². The summed E-state index contributed by atoms with van der Waals surface area (Å²) in [7, 11) is 0. The van der Waals surface area contributed by atoms with Crippen molar-refractivity contribution in [3.8, 4) is 0 Å². The lowest BCUT2D eigenvalue weighted by molar-refractivity contribution is -0.128. The van der Waals surface area contributed by atoms with Crippen molar-refractivity contribution in [2.24, 2.45) is 23.7 Å². The van der Waals surface area contributed by atoms with Crippen LogP contribution in [0.4, 0.5) is 0 Å². The maximum absolute atomic E-state index is 12.2. The third-order valence-electron chi connectivity index (χ3n) is 6.69. The van der Waals surface area contributed by atoms with Crippen LogP contribution in [0.15, 0.2) is 0 Å². The third kappa shape index (κ3) is 5.22. The van der Waals surface area contributed by atoms with Gasteiger partial charge in [-0.25, -0.2) is 0 Å². The Bertz CT molecular complexity index is 397. The van der Waals surface area contributed by atoms with Crippen molar-refractivity contribution in [1.29, 1.82) is 0 Å². The van der Waals surface area contributed by atoms with Crippen LogP contribution < -0.4 is 10.6 Å². The number of hydrogen-bond acceptors (Lipinski definition) is 2. The summed E-state index contributed by atoms with van der Waals surface area (Å²) < 4.78 is 0. The first kappa shape index (κ1) is 19.3. The number of amides is 2. The number of nitrogens with one attached hydrogen (secondary N) is 2. The number of hydrogen-bond donors (Lipinski definition) is 2. The van der Waals surface area contributed by atoms with E-state index in [1.54, 1.807) is 0 Å². The van der Waals surface area contributed by atoms with Crippen molar-refractivity contribution in [3.05, 3.63) is 0 Å². The Morgan fingerprint density at radius 2 is 1.08 bits per heavy atom. The molecule has 2 aliphatic rings. The predicted molar refractivity (Wildman–Crippen MR) is 97.5 cm³/mol. The highest BCUT2D eigenvalue weighted by Crippen LogP contribution is 2.30. The van der Waals surface area contributed by atoms with Gasteiger partial charge in [0.2, 0.25) is 11.8 Å². The molecule has 2 aliphatic carbocycles. The second-order valence-electron chi connectivity index (χ2n) is 8.38. The van der Waals surface area contributed by atoms with Crippen LogP contribution in [0.2, 0.25) is 0 Å². The lowest BCUT2D eigenvalue weighted by Gasteiger charge is -2.35. The Labute approximate surface area is 147 Å². The van der Waals surface area contributed by atoms with Crippen LogP contribution in [-0.4, -0.2) is 23.9 Å². The molecular weight excluding hydrogens is 300 g/mol. The summed E-state index contributed by atoms with van der Waals surface area (Å²) in [5.74, 6) is 2.45. The maximum Gasteiger partial charge on any atom is 0.220 e. The van der Waals surface area contributed by atoms with Crippen LogP contribution in [0, 0.1) is 23.7 Å². The smallest absolute Gasteiger partial charge is 0.220 e. The van der Waals surface area contributed by atoms with Crippen molar-refractivity contribution in [3.63, 3.8) is 0 Å². The molecule has 2 amide bonds. The molecule has 0 aromatic carbocycles. The largest absolute Gasteiger partial charge is 0.353 e. The zero-order chi connectivity index (χ0) is 17.7. The molecule has 4 nitrogen and oxygen atoms in total. The molecule has 0 heterocycles. The SMILES string of the molecule is C[C@H]1[C@@H](NC(=O)CCC(=O)N[C@@H]2CCC[C@H](C)[C@@H]2C)CCC[C@@H]1C. The minimum absolute atomic E-state index is 0.0289. The zero-order valence-electron chi connectivity index (χ0n) is 15.9. The van der Waals surface area contributed by atoms with Crippen molar-refractivity contribution in [2.45, 2.75) is 91.1 Å². The Morgan fingerprint density at radius 3 is 1.46 bits per heavy atom. The molecule has 0 saturated heterocycles. The lowest BCUT2D eigenvalue weighted by atomic mass is 9.78. The van der Waals surface area contributed by atoms with Gasteiger partial charge in [0.1, 0.15) is 0 Å². The first-order valence-corrected chi connectivity index (χ1v) is 9.97. The molecule has 6 atom stereocenters. The summed E-state index contributed by atoms with van der Waals surface area (Å²) in [5.41, 5.74) is 0. The average molecular weight is 337 g/mol. The fraction of sp³-hybridized carbons (Fsp3) is 0.900. The van der Waals surface area contributed by atoms with E-state index in [0.29, 0.717) is 36.5 Å². The van der Waals surface area contributed by atoms with Crippen molar-refractivity contribution < 1.29 is 9.59 Å². The summed E-state index contributed by atoms with van der Waals surface area (Å²) in [6, 6.07) is 0.562. The predicted octanol–water partition coefficient (Wildman–Crippen LogP) is 3.65. The van der Waals surface area contributed by atoms with Gasteiger partial charge in [-0.2, -0.15) is 0 Å². The van der Waals surface area contributed by atoms with Gasteiger partial charge in [-0.1, -0.05) is 53.4 Å². The molecule has 0 spiro atoms. The van der Waals surface area contributed by atoms with Gasteiger partial charge in [-0.15, -0.1) is 0 Å². The van der Waals surface area contributed by atoms with Crippen molar-refractivity contribution in [1.82, 2.24) is 10.6 Å². The zero-order valence-corrected chi connectivity index (χ0v) is 15.9. The fourth-order valence-corrected chi connectivity index (χ4v) is 4.36. The Hall–Kier alpha value is -1.06. The second kappa shape index (κ2) is 8.87. The molecule has 0 unspecified atom stereocenters. The van der Waals surface area contributed by atoms with Crippen LogP contribution in [0.1, 0.15) is 79.1 Å². The molecule has 0 radical (unpaired) electrons. The first-order chi connectivity index (χ1) is 11.4. The van der Waals surface area contributed by atoms with Crippen LogP contribution >= 0.6 is 0 Å². The Kier molecular flexibility index (Phi) is 7.12. The van der Waals surface area contributed by atoms with Crippen LogP contribution in [0.5, 0.6) is 0 Å². The van der Waals surface area contributed by atoms with Gasteiger partial charge in [0.25, 0.3) is 0 Å². The van der Waals surface area contributed by atoms with E-state index in [-0.39, 0.29) is 23.9 Å². The molecule has 2 N–H and O–H groups in total. The first-order valence-electron chi connectivity index (χ1n) is 9.97. The van der Waals surface area contributed by atoms with E-state index < -0.39 is 0 Å². The second-order valence-corrected chi connectivity index (χ2v) is 8.38. The highest BCUT2D eigenvalue weighted by molar-refractivity contribution is 5.84. The molecule has 0 bridgehead atoms. The molecule has 2 saturated carbocycles. The van der Waals surface area contributed by atoms with Crippen molar-refractivity contribution >= 4 is 11.8 Å². The number of rotatable bonds is 5. The Balaban J connectivity index is 1.70. The van der Waals surface area contributed by atoms with Gasteiger partial charge in [-0.3, -0.25) is 9.59 Å². The molecule has 2 fully saturated rings. The summed E-state index contributed by atoms with van der Waals surface area (Å²) >= 11 is 0. The van der Waals surface area contributed by atoms with E-state index in [2.05, 4.69) is 38.3 Å². The average Bonchev–Trinajstić information content (AvgIpc) is 2.54. The normalized spacial score (nSPS) is 36.8. The van der Waals surface area contributed by atoms with Crippen LogP contribution in [0.25, 0.3) is 0 Å². The van der Waals surface area contributed by atoms with Gasteiger partial charge in [0, 0.05) is 24.9 Å². The highest BCUT2D eigenvalue weighted by Gasteiger charge is 2.29. The minimum atomic E-state index is 0.0289. The van der Waals surface area contributed by atoms with Crippen LogP contribution in [-0.2, 0) is 9.59 Å². The quantitative estimate of drug-likeness (QED) is 0.805. The van der Waals surface area contributed by atoms with Gasteiger partial charge in [0.15, 0.2) is 0 Å². The minimum Gasteiger partial charge on any atom is -0.353 e. The standard InChI is InChI=1S/C20H36N2O2/c1-13-7-5-9-17(15(13)3)21-19(23)11-12-20(24)22-18-10-6-8-14(2)16(18)4/h13-18H,5-12H2,1-4H3,(H,21,23)(H,22,24)/t13-,14-,15-,16+,17+,18-/m0/s1. The van der Waals surface area contributed by atoms with Gasteiger partial charge < -0.3 is 10.6 Å². The van der Waals surface area contributed by atoms with E-state index in [1.165, 1.54) is 25.7 Å². The van der Waals surface area contributed by atoms with Crippen LogP contribution in [0.3, 0.4) is 0 Å². The lowest BCUT2D eigenvalue weighted by Crippen LogP contribution is -2.45. The monoisotopic (exact) mass is 336 g/mol. The van der Waals surface area contributed by atoms with Gasteiger partial charge in [-0.05, 0) is 36.5 Å². The summed E-state index contributed by atoms with van der Waals surface area (Å²) in [6.45, 7) is 8.99. The molecule has 0 aromatic heterocycles. The van der Waals surface area contributed by atoms with E-state index in [4.69, 9.17) is 0 Å². The Morgan fingerprint density at radius 1 is 0.708 bits per heavy atom.